The number of aromatic nitrogens is 3. The number of thiophene rings is 1. The van der Waals surface area contributed by atoms with Crippen LogP contribution >= 0.6 is 11.3 Å². The lowest BCUT2D eigenvalue weighted by Gasteiger charge is -2.32. The third-order valence-corrected chi connectivity index (χ3v) is 6.80. The van der Waals surface area contributed by atoms with Crippen LogP contribution in [-0.4, -0.2) is 40.7 Å². The lowest BCUT2D eigenvalue weighted by molar-refractivity contribution is -0.125. The van der Waals surface area contributed by atoms with Gasteiger partial charge in [-0.15, -0.1) is 21.5 Å². The van der Waals surface area contributed by atoms with Gasteiger partial charge in [-0.3, -0.25) is 4.79 Å². The molecule has 1 aromatic carbocycles. The number of anilines is 1. The molecule has 1 amide bonds. The number of amides is 1. The van der Waals surface area contributed by atoms with Crippen LogP contribution in [-0.2, 0) is 11.2 Å². The van der Waals surface area contributed by atoms with E-state index in [2.05, 4.69) is 37.5 Å². The molecule has 5 rings (SSSR count). The van der Waals surface area contributed by atoms with Crippen molar-refractivity contribution in [1.29, 1.82) is 0 Å². The van der Waals surface area contributed by atoms with Crippen LogP contribution in [0.3, 0.4) is 0 Å². The Hall–Kier alpha value is -3.19. The highest BCUT2D eigenvalue weighted by atomic mass is 32.1. The summed E-state index contributed by atoms with van der Waals surface area (Å²) in [5, 5.41) is 15.2. The minimum atomic E-state index is -0.0181. The quantitative estimate of drug-likeness (QED) is 0.478. The van der Waals surface area contributed by atoms with E-state index in [1.54, 1.807) is 11.3 Å². The molecule has 4 heterocycles. The Kier molecular flexibility index (Phi) is 5.67. The van der Waals surface area contributed by atoms with E-state index in [9.17, 15) is 4.79 Å². The number of hydrogen-bond acceptors (Lipinski definition) is 5. The first-order valence-corrected chi connectivity index (χ1v) is 11.6. The fourth-order valence-corrected chi connectivity index (χ4v) is 4.94. The maximum absolute atomic E-state index is 12.8. The highest BCUT2D eigenvalue weighted by Gasteiger charge is 2.26. The van der Waals surface area contributed by atoms with E-state index in [1.165, 1.54) is 10.9 Å². The maximum atomic E-state index is 12.8. The molecule has 1 aliphatic rings. The molecule has 158 valence electrons. The third kappa shape index (κ3) is 4.32. The average molecular weight is 432 g/mol. The highest BCUT2D eigenvalue weighted by molar-refractivity contribution is 7.13. The summed E-state index contributed by atoms with van der Waals surface area (Å²) in [6, 6.07) is 16.4. The predicted molar refractivity (Wildman–Crippen MR) is 125 cm³/mol. The zero-order chi connectivity index (χ0) is 21.0. The summed E-state index contributed by atoms with van der Waals surface area (Å²) in [7, 11) is 0. The Bertz CT molecular complexity index is 1150. The number of fused-ring (bicyclic) bond motifs is 1. The van der Waals surface area contributed by atoms with Crippen LogP contribution in [0.4, 0.5) is 5.82 Å². The average Bonchev–Trinajstić information content (AvgIpc) is 3.50. The van der Waals surface area contributed by atoms with Crippen LogP contribution in [0.25, 0.3) is 21.5 Å². The molecular weight excluding hydrogens is 406 g/mol. The van der Waals surface area contributed by atoms with Crippen LogP contribution in [0.15, 0.2) is 60.1 Å². The summed E-state index contributed by atoms with van der Waals surface area (Å²) in [5.41, 5.74) is 3.27. The Morgan fingerprint density at radius 3 is 2.94 bits per heavy atom. The smallest absolute Gasteiger partial charge is 0.224 e. The number of carbonyl (C=O) groups excluding carboxylic acids is 1. The molecule has 2 N–H and O–H groups in total. The van der Waals surface area contributed by atoms with Crippen molar-refractivity contribution in [3.8, 4) is 10.6 Å². The van der Waals surface area contributed by atoms with Crippen LogP contribution in [0.5, 0.6) is 0 Å². The van der Waals surface area contributed by atoms with Crippen molar-refractivity contribution in [3.63, 3.8) is 0 Å². The molecule has 1 atom stereocenters. The normalized spacial score (nSPS) is 16.5. The summed E-state index contributed by atoms with van der Waals surface area (Å²) in [4.78, 5) is 19.4. The number of hydrogen-bond donors (Lipinski definition) is 2. The molecule has 0 saturated carbocycles. The molecular formula is C24H25N5OS. The zero-order valence-corrected chi connectivity index (χ0v) is 18.1. The monoisotopic (exact) mass is 431 g/mol. The fourth-order valence-electron chi connectivity index (χ4n) is 4.25. The third-order valence-electron chi connectivity index (χ3n) is 5.91. The Morgan fingerprint density at radius 1 is 1.16 bits per heavy atom. The van der Waals surface area contributed by atoms with Crippen molar-refractivity contribution < 1.29 is 4.79 Å². The van der Waals surface area contributed by atoms with Gasteiger partial charge in [0.15, 0.2) is 5.82 Å². The Balaban J connectivity index is 1.16. The summed E-state index contributed by atoms with van der Waals surface area (Å²) in [6.07, 6.45) is 4.75. The predicted octanol–water partition coefficient (Wildman–Crippen LogP) is 4.26. The number of para-hydroxylation sites is 1. The van der Waals surface area contributed by atoms with Crippen LogP contribution in [0, 0.1) is 5.92 Å². The largest absolute Gasteiger partial charge is 0.361 e. The molecule has 0 radical (unpaired) electrons. The van der Waals surface area contributed by atoms with Crippen molar-refractivity contribution in [2.24, 2.45) is 5.92 Å². The lowest BCUT2D eigenvalue weighted by atomic mass is 9.97. The van der Waals surface area contributed by atoms with Crippen LogP contribution in [0.2, 0.25) is 0 Å². The summed E-state index contributed by atoms with van der Waals surface area (Å²) in [5.74, 6) is 0.958. The first-order chi connectivity index (χ1) is 15.3. The molecule has 4 aromatic rings. The molecule has 0 spiro atoms. The molecule has 0 bridgehead atoms. The molecule has 0 aliphatic carbocycles. The second-order valence-corrected chi connectivity index (χ2v) is 8.89. The van der Waals surface area contributed by atoms with E-state index in [0.717, 1.165) is 47.7 Å². The van der Waals surface area contributed by atoms with E-state index in [1.807, 2.05) is 48.0 Å². The number of aromatic amines is 1. The maximum Gasteiger partial charge on any atom is 0.224 e. The molecule has 7 heteroatoms. The number of piperidine rings is 1. The number of rotatable bonds is 6. The van der Waals surface area contributed by atoms with Crippen LogP contribution in [0.1, 0.15) is 18.4 Å². The SMILES string of the molecule is O=C(NCCc1c[nH]c2ccccc12)[C@H]1CCCN(c2ccc(-c3cccs3)nn2)C1. The summed E-state index contributed by atoms with van der Waals surface area (Å²) >= 11 is 1.66. The van der Waals surface area contributed by atoms with Crippen molar-refractivity contribution >= 4 is 34.0 Å². The first-order valence-electron chi connectivity index (χ1n) is 10.7. The minimum absolute atomic E-state index is 0.0181. The number of H-pyrrole nitrogens is 1. The van der Waals surface area contributed by atoms with Gasteiger partial charge in [0.2, 0.25) is 5.91 Å². The number of carbonyl (C=O) groups is 1. The van der Waals surface area contributed by atoms with Gasteiger partial charge in [0, 0.05) is 36.7 Å². The molecule has 3 aromatic heterocycles. The topological polar surface area (TPSA) is 73.9 Å². The van der Waals surface area contributed by atoms with E-state index >= 15 is 0 Å². The molecule has 6 nitrogen and oxygen atoms in total. The number of nitrogens with zero attached hydrogens (tertiary/aromatic N) is 3. The first kappa shape index (κ1) is 19.8. The van der Waals surface area contributed by atoms with Gasteiger partial charge in [-0.1, -0.05) is 24.3 Å². The standard InChI is InChI=1S/C24H25N5OS/c30-24(25-12-11-17-15-26-20-7-2-1-6-19(17)20)18-5-3-13-29(16-18)23-10-9-21(27-28-23)22-8-4-14-31-22/h1-2,4,6-10,14-15,18,26H,3,5,11-13,16H2,(H,25,30)/t18-/m0/s1. The van der Waals surface area contributed by atoms with Gasteiger partial charge in [0.25, 0.3) is 0 Å². The highest BCUT2D eigenvalue weighted by Crippen LogP contribution is 2.25. The van der Waals surface area contributed by atoms with Crippen LogP contribution < -0.4 is 10.2 Å². The summed E-state index contributed by atoms with van der Waals surface area (Å²) in [6.45, 7) is 2.24. The van der Waals surface area contributed by atoms with E-state index < -0.39 is 0 Å². The molecule has 1 aliphatic heterocycles. The van der Waals surface area contributed by atoms with Gasteiger partial charge in [-0.25, -0.2) is 0 Å². The fraction of sp³-hybridized carbons (Fsp3) is 0.292. The number of nitrogens with one attached hydrogen (secondary N) is 2. The molecule has 31 heavy (non-hydrogen) atoms. The van der Waals surface area contributed by atoms with E-state index in [-0.39, 0.29) is 11.8 Å². The second-order valence-electron chi connectivity index (χ2n) is 7.94. The Morgan fingerprint density at radius 2 is 2.10 bits per heavy atom. The molecule has 1 fully saturated rings. The van der Waals surface area contributed by atoms with Gasteiger partial charge >= 0.3 is 0 Å². The zero-order valence-electron chi connectivity index (χ0n) is 17.3. The van der Waals surface area contributed by atoms with Crippen molar-refractivity contribution in [1.82, 2.24) is 20.5 Å². The van der Waals surface area contributed by atoms with Gasteiger partial charge < -0.3 is 15.2 Å². The molecule has 0 unspecified atom stereocenters. The molecule has 1 saturated heterocycles. The van der Waals surface area contributed by atoms with Gasteiger partial charge in [-0.05, 0) is 54.5 Å². The van der Waals surface area contributed by atoms with Crippen molar-refractivity contribution in [3.05, 3.63) is 65.7 Å². The minimum Gasteiger partial charge on any atom is -0.361 e. The van der Waals surface area contributed by atoms with Gasteiger partial charge in [0.1, 0.15) is 5.69 Å². The lowest BCUT2D eigenvalue weighted by Crippen LogP contribution is -2.43. The summed E-state index contributed by atoms with van der Waals surface area (Å²) < 4.78 is 0. The van der Waals surface area contributed by atoms with Crippen molar-refractivity contribution in [2.45, 2.75) is 19.3 Å². The van der Waals surface area contributed by atoms with Crippen molar-refractivity contribution in [2.75, 3.05) is 24.5 Å². The van der Waals surface area contributed by atoms with E-state index in [4.69, 9.17) is 0 Å². The van der Waals surface area contributed by atoms with Gasteiger partial charge in [0.05, 0.1) is 10.8 Å². The number of benzene rings is 1. The second kappa shape index (κ2) is 8.89. The van der Waals surface area contributed by atoms with Gasteiger partial charge in [-0.2, -0.15) is 0 Å². The van der Waals surface area contributed by atoms with E-state index in [0.29, 0.717) is 13.1 Å². The Labute approximate surface area is 185 Å².